The van der Waals surface area contributed by atoms with Gasteiger partial charge in [-0.15, -0.1) is 0 Å². The van der Waals surface area contributed by atoms with Crippen LogP contribution in [0.15, 0.2) is 58.9 Å². The smallest absolute Gasteiger partial charge is 0.180 e. The highest BCUT2D eigenvalue weighted by molar-refractivity contribution is 6.32. The molecule has 0 aromatic heterocycles. The van der Waals surface area contributed by atoms with Gasteiger partial charge < -0.3 is 14.8 Å². The van der Waals surface area contributed by atoms with E-state index >= 15 is 0 Å². The molecule has 3 aliphatic rings. The van der Waals surface area contributed by atoms with Crippen LogP contribution in [0.2, 0.25) is 5.02 Å². The number of carbonyl (C=O) groups is 2. The molecule has 0 unspecified atom stereocenters. The quantitative estimate of drug-likeness (QED) is 0.520. The number of dihydropyridines is 1. The van der Waals surface area contributed by atoms with E-state index in [0.717, 1.165) is 42.6 Å². The van der Waals surface area contributed by atoms with Gasteiger partial charge >= 0.3 is 0 Å². The van der Waals surface area contributed by atoms with Crippen molar-refractivity contribution in [2.45, 2.75) is 58.0 Å². The molecule has 1 N–H and O–H groups in total. The number of allylic oxidation sites excluding steroid dienone is 4. The van der Waals surface area contributed by atoms with Crippen LogP contribution in [0.4, 0.5) is 4.39 Å². The fourth-order valence-electron chi connectivity index (χ4n) is 5.24. The first-order chi connectivity index (χ1) is 17.0. The second kappa shape index (κ2) is 9.86. The molecular formula is C28H27ClFNO4. The van der Waals surface area contributed by atoms with Crippen molar-refractivity contribution in [2.24, 2.45) is 0 Å². The third kappa shape index (κ3) is 4.47. The minimum absolute atomic E-state index is 0.0132. The lowest BCUT2D eigenvalue weighted by Gasteiger charge is -2.37. The van der Waals surface area contributed by atoms with Crippen LogP contribution in [0.25, 0.3) is 0 Å². The first-order valence-electron chi connectivity index (χ1n) is 12.1. The van der Waals surface area contributed by atoms with Crippen molar-refractivity contribution in [2.75, 3.05) is 6.61 Å². The van der Waals surface area contributed by atoms with Gasteiger partial charge in [0.2, 0.25) is 0 Å². The van der Waals surface area contributed by atoms with E-state index in [1.807, 2.05) is 6.92 Å². The first-order valence-corrected chi connectivity index (χ1v) is 12.5. The summed E-state index contributed by atoms with van der Waals surface area (Å²) < 4.78 is 25.9. The van der Waals surface area contributed by atoms with Gasteiger partial charge in [-0.25, -0.2) is 4.39 Å². The van der Waals surface area contributed by atoms with Crippen LogP contribution < -0.4 is 14.8 Å². The summed E-state index contributed by atoms with van der Waals surface area (Å²) in [6.07, 6.45) is 4.06. The number of ketones is 2. The van der Waals surface area contributed by atoms with E-state index in [1.54, 1.807) is 30.3 Å². The predicted octanol–water partition coefficient (Wildman–Crippen LogP) is 6.16. The largest absolute Gasteiger partial charge is 0.490 e. The molecule has 2 aromatic carbocycles. The molecule has 1 heterocycles. The van der Waals surface area contributed by atoms with Gasteiger partial charge in [-0.3, -0.25) is 9.59 Å². The minimum Gasteiger partial charge on any atom is -0.490 e. The number of ether oxygens (including phenoxy) is 2. The maximum absolute atomic E-state index is 14.1. The van der Waals surface area contributed by atoms with E-state index in [9.17, 15) is 14.0 Å². The maximum Gasteiger partial charge on any atom is 0.180 e. The molecule has 0 spiro atoms. The fourth-order valence-corrected chi connectivity index (χ4v) is 5.51. The van der Waals surface area contributed by atoms with Crippen LogP contribution in [0, 0.1) is 5.82 Å². The summed E-state index contributed by atoms with van der Waals surface area (Å²) in [5.41, 5.74) is 4.26. The molecule has 2 aliphatic carbocycles. The van der Waals surface area contributed by atoms with Crippen molar-refractivity contribution in [1.29, 1.82) is 0 Å². The SMILES string of the molecule is CCOc1cc(C2C3=C(CCCC3=O)NC3=C2C(=O)CCC3)cc(Cl)c1OCc1ccccc1F. The molecule has 1 aliphatic heterocycles. The summed E-state index contributed by atoms with van der Waals surface area (Å²) in [5, 5.41) is 3.71. The van der Waals surface area contributed by atoms with Crippen LogP contribution in [0.3, 0.4) is 0 Å². The molecule has 0 saturated carbocycles. The Labute approximate surface area is 208 Å². The number of rotatable bonds is 6. The van der Waals surface area contributed by atoms with Crippen LogP contribution in [-0.2, 0) is 16.2 Å². The highest BCUT2D eigenvalue weighted by Gasteiger charge is 2.40. The minimum atomic E-state index is -0.487. The Morgan fingerprint density at radius 3 is 2.26 bits per heavy atom. The van der Waals surface area contributed by atoms with Crippen molar-refractivity contribution in [3.05, 3.63) is 80.9 Å². The van der Waals surface area contributed by atoms with Crippen molar-refractivity contribution < 1.29 is 23.5 Å². The van der Waals surface area contributed by atoms with Gasteiger partial charge in [0.15, 0.2) is 23.1 Å². The first kappa shape index (κ1) is 23.6. The Hall–Kier alpha value is -3.12. The molecule has 0 saturated heterocycles. The van der Waals surface area contributed by atoms with E-state index in [2.05, 4.69) is 5.32 Å². The van der Waals surface area contributed by atoms with Crippen molar-refractivity contribution in [3.8, 4) is 11.5 Å². The van der Waals surface area contributed by atoms with E-state index in [1.165, 1.54) is 6.07 Å². The molecular weight excluding hydrogens is 469 g/mol. The van der Waals surface area contributed by atoms with Crippen molar-refractivity contribution in [3.63, 3.8) is 0 Å². The monoisotopic (exact) mass is 495 g/mol. The van der Waals surface area contributed by atoms with Crippen molar-refractivity contribution in [1.82, 2.24) is 5.32 Å². The Bertz CT molecular complexity index is 1220. The van der Waals surface area contributed by atoms with Gasteiger partial charge in [0, 0.05) is 46.9 Å². The summed E-state index contributed by atoms with van der Waals surface area (Å²) in [6, 6.07) is 9.94. The van der Waals surface area contributed by atoms with Crippen LogP contribution in [0.5, 0.6) is 11.5 Å². The zero-order valence-electron chi connectivity index (χ0n) is 19.6. The Morgan fingerprint density at radius 1 is 0.971 bits per heavy atom. The normalized spacial score (nSPS) is 18.3. The van der Waals surface area contributed by atoms with Gasteiger partial charge in [-0.2, -0.15) is 0 Å². The number of nitrogens with one attached hydrogen (secondary N) is 1. The highest BCUT2D eigenvalue weighted by atomic mass is 35.5. The fraction of sp³-hybridized carbons (Fsp3) is 0.357. The number of halogens is 2. The summed E-state index contributed by atoms with van der Waals surface area (Å²) in [7, 11) is 0. The number of carbonyl (C=O) groups excluding carboxylic acids is 2. The number of hydrogen-bond acceptors (Lipinski definition) is 5. The molecule has 7 heteroatoms. The molecule has 2 aromatic rings. The van der Waals surface area contributed by atoms with Crippen LogP contribution >= 0.6 is 11.6 Å². The van der Waals surface area contributed by atoms with Gasteiger partial charge in [-0.05, 0) is 56.4 Å². The maximum atomic E-state index is 14.1. The molecule has 0 bridgehead atoms. The number of benzene rings is 2. The zero-order valence-corrected chi connectivity index (χ0v) is 20.3. The number of hydrogen-bond donors (Lipinski definition) is 1. The van der Waals surface area contributed by atoms with Gasteiger partial charge in [0.25, 0.3) is 0 Å². The average Bonchev–Trinajstić information content (AvgIpc) is 2.84. The number of Topliss-reactive ketones (excluding diaryl/α,β-unsaturated/α-hetero) is 2. The van der Waals surface area contributed by atoms with E-state index in [0.29, 0.717) is 47.7 Å². The topological polar surface area (TPSA) is 64.6 Å². The van der Waals surface area contributed by atoms with Crippen LogP contribution in [-0.4, -0.2) is 18.2 Å². The molecule has 0 amide bonds. The van der Waals surface area contributed by atoms with Gasteiger partial charge in [-0.1, -0.05) is 29.8 Å². The lowest BCUT2D eigenvalue weighted by molar-refractivity contribution is -0.117. The molecule has 0 fully saturated rings. The van der Waals surface area contributed by atoms with E-state index < -0.39 is 5.92 Å². The molecule has 35 heavy (non-hydrogen) atoms. The molecule has 0 radical (unpaired) electrons. The third-order valence-electron chi connectivity index (χ3n) is 6.79. The standard InChI is InChI=1S/C28H27ClFNO4/c1-2-34-24-14-17(13-18(29)28(24)35-15-16-7-3-4-8-19(16)30)25-26-20(9-5-11-22(26)32)31-21-10-6-12-23(33)27(21)25/h3-4,7-8,13-14,25,31H,2,5-6,9-12,15H2,1H3. The summed E-state index contributed by atoms with van der Waals surface area (Å²) >= 11 is 6.70. The second-order valence-corrected chi connectivity index (χ2v) is 9.45. The summed E-state index contributed by atoms with van der Waals surface area (Å²) in [5.74, 6) is -0.0219. The highest BCUT2D eigenvalue weighted by Crippen LogP contribution is 2.48. The van der Waals surface area contributed by atoms with Gasteiger partial charge in [0.1, 0.15) is 12.4 Å². The lowest BCUT2D eigenvalue weighted by Crippen LogP contribution is -2.36. The van der Waals surface area contributed by atoms with Gasteiger partial charge in [0.05, 0.1) is 11.6 Å². The van der Waals surface area contributed by atoms with E-state index in [4.69, 9.17) is 21.1 Å². The molecule has 5 nitrogen and oxygen atoms in total. The third-order valence-corrected chi connectivity index (χ3v) is 7.07. The molecule has 182 valence electrons. The summed E-state index contributed by atoms with van der Waals surface area (Å²) in [6.45, 7) is 2.20. The zero-order chi connectivity index (χ0) is 24.5. The Balaban J connectivity index is 1.58. The van der Waals surface area contributed by atoms with E-state index in [-0.39, 0.29) is 29.0 Å². The van der Waals surface area contributed by atoms with Crippen LogP contribution in [0.1, 0.15) is 62.5 Å². The average molecular weight is 496 g/mol. The lowest BCUT2D eigenvalue weighted by atomic mass is 9.71. The predicted molar refractivity (Wildman–Crippen MR) is 131 cm³/mol. The molecule has 5 rings (SSSR count). The Kier molecular flexibility index (Phi) is 6.65. The molecule has 0 atom stereocenters. The Morgan fingerprint density at radius 2 is 1.63 bits per heavy atom. The van der Waals surface area contributed by atoms with Crippen molar-refractivity contribution >= 4 is 23.2 Å². The second-order valence-electron chi connectivity index (χ2n) is 9.04. The summed E-state index contributed by atoms with van der Waals surface area (Å²) in [4.78, 5) is 26.2.